The molecule has 1 aromatic heterocycles. The van der Waals surface area contributed by atoms with Gasteiger partial charge in [-0.1, -0.05) is 58.6 Å². The van der Waals surface area contributed by atoms with Crippen LogP contribution in [0.1, 0.15) is 78.6 Å². The summed E-state index contributed by atoms with van der Waals surface area (Å²) in [5.41, 5.74) is 0.468. The number of allylic oxidation sites excluding steroid dienone is 2. The second kappa shape index (κ2) is 9.24. The smallest absolute Gasteiger partial charge is 0.137 e. The molecule has 0 bridgehead atoms. The van der Waals surface area contributed by atoms with Crippen molar-refractivity contribution in [1.29, 1.82) is 0 Å². The van der Waals surface area contributed by atoms with Crippen LogP contribution < -0.4 is 0 Å². The number of hydrogen-bond acceptors (Lipinski definition) is 2. The molecule has 0 saturated heterocycles. The second-order valence-corrected chi connectivity index (χ2v) is 8.08. The van der Waals surface area contributed by atoms with E-state index in [2.05, 4.69) is 43.0 Å². The summed E-state index contributed by atoms with van der Waals surface area (Å²) in [6, 6.07) is 0. The summed E-state index contributed by atoms with van der Waals surface area (Å²) in [6.45, 7) is 8.11. The molecule has 0 amide bonds. The lowest BCUT2D eigenvalue weighted by Gasteiger charge is -2.39. The summed E-state index contributed by atoms with van der Waals surface area (Å²) in [5.74, 6) is 1.40. The number of aromatic nitrogens is 3. The zero-order valence-corrected chi connectivity index (χ0v) is 15.4. The molecule has 1 heterocycles. The van der Waals surface area contributed by atoms with E-state index in [0.29, 0.717) is 17.3 Å². The summed E-state index contributed by atoms with van der Waals surface area (Å²) in [4.78, 5) is 4.09. The molecule has 3 nitrogen and oxygen atoms in total. The first-order valence-electron chi connectivity index (χ1n) is 9.60. The molecule has 1 fully saturated rings. The number of hydrogen-bond donors (Lipinski definition) is 0. The molecule has 2 unspecified atom stereocenters. The van der Waals surface area contributed by atoms with Crippen molar-refractivity contribution in [2.75, 3.05) is 0 Å². The van der Waals surface area contributed by atoms with Gasteiger partial charge in [0.1, 0.15) is 12.7 Å². The number of unbranched alkanes of at least 4 members (excludes halogenated alkanes) is 5. The lowest BCUT2D eigenvalue weighted by atomic mass is 9.67. The topological polar surface area (TPSA) is 30.7 Å². The van der Waals surface area contributed by atoms with Gasteiger partial charge in [0.05, 0.1) is 0 Å². The molecule has 3 heteroatoms. The molecule has 0 spiro atoms. The molecule has 2 rings (SSSR count). The molecule has 1 aliphatic rings. The Kier molecular flexibility index (Phi) is 7.32. The number of nitrogens with zero attached hydrogens (tertiary/aromatic N) is 3. The van der Waals surface area contributed by atoms with Crippen molar-refractivity contribution in [2.45, 2.75) is 85.1 Å². The third-order valence-corrected chi connectivity index (χ3v) is 5.32. The average molecular weight is 318 g/mol. The normalized spacial score (nSPS) is 24.3. The van der Waals surface area contributed by atoms with Crippen LogP contribution in [0.15, 0.2) is 24.8 Å². The summed E-state index contributed by atoms with van der Waals surface area (Å²) in [7, 11) is 0. The lowest BCUT2D eigenvalue weighted by molar-refractivity contribution is 0.125. The fraction of sp³-hybridized carbons (Fsp3) is 0.800. The quantitative estimate of drug-likeness (QED) is 0.436. The van der Waals surface area contributed by atoms with Gasteiger partial charge < -0.3 is 0 Å². The van der Waals surface area contributed by atoms with E-state index in [0.717, 1.165) is 6.54 Å². The first kappa shape index (κ1) is 18.2. The standard InChI is InChI=1S/C20H35N3/c1-4-5-6-7-8-9-10-11-18-12-13-20(2,3)14-19(18)15-23-17-21-16-22-23/h10-11,16-19H,4-9,12-15H2,1-3H3/b11-10-. The van der Waals surface area contributed by atoms with Gasteiger partial charge in [0.15, 0.2) is 0 Å². The highest BCUT2D eigenvalue weighted by atomic mass is 15.3. The summed E-state index contributed by atoms with van der Waals surface area (Å²) in [6.07, 6.45) is 20.5. The van der Waals surface area contributed by atoms with Crippen LogP contribution in [0.2, 0.25) is 0 Å². The van der Waals surface area contributed by atoms with E-state index >= 15 is 0 Å². The fourth-order valence-electron chi connectivity index (χ4n) is 3.91. The van der Waals surface area contributed by atoms with Gasteiger partial charge in [-0.05, 0) is 49.4 Å². The van der Waals surface area contributed by atoms with Gasteiger partial charge in [-0.15, -0.1) is 0 Å². The highest BCUT2D eigenvalue weighted by Gasteiger charge is 2.33. The van der Waals surface area contributed by atoms with Gasteiger partial charge in [-0.2, -0.15) is 5.10 Å². The Morgan fingerprint density at radius 1 is 1.22 bits per heavy atom. The van der Waals surface area contributed by atoms with Crippen LogP contribution in [0.25, 0.3) is 0 Å². The molecular formula is C20H35N3. The Hall–Kier alpha value is -1.12. The molecule has 1 saturated carbocycles. The van der Waals surface area contributed by atoms with Crippen LogP contribution in [0.5, 0.6) is 0 Å². The maximum Gasteiger partial charge on any atom is 0.137 e. The maximum atomic E-state index is 4.31. The van der Waals surface area contributed by atoms with Crippen LogP contribution in [0.4, 0.5) is 0 Å². The largest absolute Gasteiger partial charge is 0.253 e. The fourth-order valence-corrected chi connectivity index (χ4v) is 3.91. The minimum Gasteiger partial charge on any atom is -0.253 e. The first-order chi connectivity index (χ1) is 11.1. The predicted molar refractivity (Wildman–Crippen MR) is 97.2 cm³/mol. The van der Waals surface area contributed by atoms with E-state index in [-0.39, 0.29) is 0 Å². The molecule has 23 heavy (non-hydrogen) atoms. The van der Waals surface area contributed by atoms with Crippen LogP contribution in [-0.4, -0.2) is 14.8 Å². The van der Waals surface area contributed by atoms with E-state index < -0.39 is 0 Å². The zero-order chi connectivity index (χ0) is 16.5. The molecule has 130 valence electrons. The Morgan fingerprint density at radius 2 is 2.04 bits per heavy atom. The lowest BCUT2D eigenvalue weighted by Crippen LogP contribution is -2.31. The van der Waals surface area contributed by atoms with Gasteiger partial charge >= 0.3 is 0 Å². The van der Waals surface area contributed by atoms with Gasteiger partial charge in [0, 0.05) is 6.54 Å². The van der Waals surface area contributed by atoms with Crippen molar-refractivity contribution in [1.82, 2.24) is 14.8 Å². The van der Waals surface area contributed by atoms with Crippen LogP contribution in [-0.2, 0) is 6.54 Å². The Morgan fingerprint density at radius 3 is 2.78 bits per heavy atom. The van der Waals surface area contributed by atoms with Gasteiger partial charge in [0.2, 0.25) is 0 Å². The van der Waals surface area contributed by atoms with Gasteiger partial charge in [0.25, 0.3) is 0 Å². The Labute approximate surface area is 142 Å². The van der Waals surface area contributed by atoms with Crippen molar-refractivity contribution in [3.8, 4) is 0 Å². The molecule has 0 aliphatic heterocycles. The molecule has 0 N–H and O–H groups in total. The van der Waals surface area contributed by atoms with Crippen LogP contribution in [0, 0.1) is 17.3 Å². The summed E-state index contributed by atoms with van der Waals surface area (Å²) < 4.78 is 2.01. The van der Waals surface area contributed by atoms with Crippen LogP contribution >= 0.6 is 0 Å². The second-order valence-electron chi connectivity index (χ2n) is 8.08. The maximum absolute atomic E-state index is 4.31. The Balaban J connectivity index is 1.82. The molecular weight excluding hydrogens is 282 g/mol. The molecule has 0 aromatic carbocycles. The highest BCUT2D eigenvalue weighted by Crippen LogP contribution is 2.43. The van der Waals surface area contributed by atoms with Crippen molar-refractivity contribution in [2.24, 2.45) is 17.3 Å². The number of rotatable bonds is 9. The van der Waals surface area contributed by atoms with E-state index in [1.807, 2.05) is 11.0 Å². The average Bonchev–Trinajstić information content (AvgIpc) is 3.01. The molecule has 2 atom stereocenters. The van der Waals surface area contributed by atoms with Gasteiger partial charge in [-0.3, -0.25) is 4.68 Å². The minimum absolute atomic E-state index is 0.468. The van der Waals surface area contributed by atoms with Crippen molar-refractivity contribution >= 4 is 0 Å². The van der Waals surface area contributed by atoms with E-state index in [9.17, 15) is 0 Å². The monoisotopic (exact) mass is 317 g/mol. The van der Waals surface area contributed by atoms with E-state index in [1.54, 1.807) is 6.33 Å². The SMILES string of the molecule is CCCCCCC/C=C\C1CCC(C)(C)CC1Cn1cncn1. The van der Waals surface area contributed by atoms with Crippen molar-refractivity contribution < 1.29 is 0 Å². The van der Waals surface area contributed by atoms with Crippen molar-refractivity contribution in [3.05, 3.63) is 24.8 Å². The zero-order valence-electron chi connectivity index (χ0n) is 15.4. The molecule has 0 radical (unpaired) electrons. The molecule has 1 aromatic rings. The predicted octanol–water partition coefficient (Wildman–Crippen LogP) is 5.64. The first-order valence-corrected chi connectivity index (χ1v) is 9.60. The third-order valence-electron chi connectivity index (χ3n) is 5.32. The van der Waals surface area contributed by atoms with Crippen molar-refractivity contribution in [3.63, 3.8) is 0 Å². The van der Waals surface area contributed by atoms with E-state index in [4.69, 9.17) is 0 Å². The highest BCUT2D eigenvalue weighted by molar-refractivity contribution is 4.96. The van der Waals surface area contributed by atoms with E-state index in [1.165, 1.54) is 57.8 Å². The Bertz CT molecular complexity index is 447. The molecule has 1 aliphatic carbocycles. The summed E-state index contributed by atoms with van der Waals surface area (Å²) >= 11 is 0. The summed E-state index contributed by atoms with van der Waals surface area (Å²) in [5, 5.41) is 4.31. The third kappa shape index (κ3) is 6.48. The van der Waals surface area contributed by atoms with Crippen LogP contribution in [0.3, 0.4) is 0 Å². The minimum atomic E-state index is 0.468. The van der Waals surface area contributed by atoms with Gasteiger partial charge in [-0.25, -0.2) is 4.98 Å².